The summed E-state index contributed by atoms with van der Waals surface area (Å²) in [6.45, 7) is 10.4. The SMILES string of the molecule is CCCC(C)COCCC(CO)NC(C)C. The van der Waals surface area contributed by atoms with Crippen molar-refractivity contribution in [2.24, 2.45) is 5.92 Å². The van der Waals surface area contributed by atoms with Gasteiger partial charge >= 0.3 is 0 Å². The van der Waals surface area contributed by atoms with Gasteiger partial charge in [-0.25, -0.2) is 0 Å². The van der Waals surface area contributed by atoms with Gasteiger partial charge in [0.2, 0.25) is 0 Å². The summed E-state index contributed by atoms with van der Waals surface area (Å²) < 4.78 is 5.61. The normalized spacial score (nSPS) is 15.4. The molecule has 0 bridgehead atoms. The van der Waals surface area contributed by atoms with E-state index < -0.39 is 0 Å². The van der Waals surface area contributed by atoms with Crippen molar-refractivity contribution in [2.45, 2.75) is 59.0 Å². The number of aliphatic hydroxyl groups is 1. The monoisotopic (exact) mass is 231 g/mol. The second kappa shape index (κ2) is 10.1. The molecule has 3 nitrogen and oxygen atoms in total. The summed E-state index contributed by atoms with van der Waals surface area (Å²) in [6.07, 6.45) is 3.33. The van der Waals surface area contributed by atoms with Crippen molar-refractivity contribution >= 4 is 0 Å². The molecule has 0 aromatic heterocycles. The van der Waals surface area contributed by atoms with E-state index in [9.17, 15) is 0 Å². The summed E-state index contributed by atoms with van der Waals surface area (Å²) in [7, 11) is 0. The fourth-order valence-electron chi connectivity index (χ4n) is 1.78. The van der Waals surface area contributed by atoms with E-state index in [1.165, 1.54) is 12.8 Å². The largest absolute Gasteiger partial charge is 0.395 e. The molecular weight excluding hydrogens is 202 g/mol. The molecule has 0 aromatic rings. The van der Waals surface area contributed by atoms with Gasteiger partial charge in [0.05, 0.1) is 6.61 Å². The van der Waals surface area contributed by atoms with Gasteiger partial charge in [-0.2, -0.15) is 0 Å². The van der Waals surface area contributed by atoms with Crippen LogP contribution in [0, 0.1) is 5.92 Å². The Balaban J connectivity index is 3.47. The quantitative estimate of drug-likeness (QED) is 0.566. The van der Waals surface area contributed by atoms with Crippen molar-refractivity contribution in [2.75, 3.05) is 19.8 Å². The van der Waals surface area contributed by atoms with Crippen molar-refractivity contribution in [1.29, 1.82) is 0 Å². The summed E-state index contributed by atoms with van der Waals surface area (Å²) in [5, 5.41) is 12.5. The Morgan fingerprint density at radius 1 is 1.19 bits per heavy atom. The highest BCUT2D eigenvalue weighted by atomic mass is 16.5. The van der Waals surface area contributed by atoms with Crippen LogP contribution in [0.1, 0.15) is 47.0 Å². The maximum Gasteiger partial charge on any atom is 0.0585 e. The summed E-state index contributed by atoms with van der Waals surface area (Å²) in [5.41, 5.74) is 0. The van der Waals surface area contributed by atoms with Crippen LogP contribution in [-0.2, 0) is 4.74 Å². The predicted octanol–water partition coefficient (Wildman–Crippen LogP) is 2.19. The number of aliphatic hydroxyl groups excluding tert-OH is 1. The Kier molecular flexibility index (Phi) is 9.99. The topological polar surface area (TPSA) is 41.5 Å². The van der Waals surface area contributed by atoms with Crippen molar-refractivity contribution in [1.82, 2.24) is 5.32 Å². The zero-order valence-electron chi connectivity index (χ0n) is 11.3. The van der Waals surface area contributed by atoms with Crippen LogP contribution in [0.15, 0.2) is 0 Å². The van der Waals surface area contributed by atoms with Crippen LogP contribution >= 0.6 is 0 Å². The van der Waals surface area contributed by atoms with Gasteiger partial charge in [0.1, 0.15) is 0 Å². The minimum atomic E-state index is 0.168. The highest BCUT2D eigenvalue weighted by molar-refractivity contribution is 4.67. The fourth-order valence-corrected chi connectivity index (χ4v) is 1.78. The number of hydrogen-bond acceptors (Lipinski definition) is 3. The molecule has 16 heavy (non-hydrogen) atoms. The maximum absolute atomic E-state index is 9.15. The van der Waals surface area contributed by atoms with E-state index in [0.29, 0.717) is 12.0 Å². The molecule has 0 aliphatic carbocycles. The molecule has 0 spiro atoms. The summed E-state index contributed by atoms with van der Waals surface area (Å²) >= 11 is 0. The molecule has 3 heteroatoms. The molecule has 0 aromatic carbocycles. The lowest BCUT2D eigenvalue weighted by atomic mass is 10.1. The highest BCUT2D eigenvalue weighted by Gasteiger charge is 2.08. The highest BCUT2D eigenvalue weighted by Crippen LogP contribution is 2.05. The first kappa shape index (κ1) is 15.9. The Morgan fingerprint density at radius 3 is 2.38 bits per heavy atom. The van der Waals surface area contributed by atoms with E-state index in [1.807, 2.05) is 0 Å². The molecular formula is C13H29NO2. The minimum Gasteiger partial charge on any atom is -0.395 e. The fraction of sp³-hybridized carbons (Fsp3) is 1.00. The van der Waals surface area contributed by atoms with Crippen LogP contribution in [0.2, 0.25) is 0 Å². The summed E-state index contributed by atoms with van der Waals surface area (Å²) in [4.78, 5) is 0. The van der Waals surface area contributed by atoms with Gasteiger partial charge in [0.15, 0.2) is 0 Å². The van der Waals surface area contributed by atoms with Crippen molar-refractivity contribution in [3.63, 3.8) is 0 Å². The van der Waals surface area contributed by atoms with Gasteiger partial charge in [-0.1, -0.05) is 34.1 Å². The minimum absolute atomic E-state index is 0.168. The van der Waals surface area contributed by atoms with Crippen LogP contribution in [0.3, 0.4) is 0 Å². The van der Waals surface area contributed by atoms with Crippen molar-refractivity contribution in [3.8, 4) is 0 Å². The number of ether oxygens (including phenoxy) is 1. The molecule has 0 heterocycles. The molecule has 2 N–H and O–H groups in total. The molecule has 0 amide bonds. The third-order valence-corrected chi connectivity index (χ3v) is 2.58. The summed E-state index contributed by atoms with van der Waals surface area (Å²) in [6, 6.07) is 0.581. The maximum atomic E-state index is 9.15. The van der Waals surface area contributed by atoms with Gasteiger partial charge in [0, 0.05) is 25.3 Å². The molecule has 98 valence electrons. The molecule has 2 atom stereocenters. The lowest BCUT2D eigenvalue weighted by Gasteiger charge is -2.19. The average Bonchev–Trinajstić information content (AvgIpc) is 2.22. The van der Waals surface area contributed by atoms with E-state index in [2.05, 4.69) is 33.0 Å². The first-order valence-corrected chi connectivity index (χ1v) is 6.54. The molecule has 0 fully saturated rings. The Bertz CT molecular complexity index is 151. The Morgan fingerprint density at radius 2 is 1.88 bits per heavy atom. The summed E-state index contributed by atoms with van der Waals surface area (Å²) in [5.74, 6) is 0.649. The number of nitrogens with one attached hydrogen (secondary N) is 1. The van der Waals surface area contributed by atoms with Crippen LogP contribution in [0.4, 0.5) is 0 Å². The molecule has 2 unspecified atom stereocenters. The molecule has 0 radical (unpaired) electrons. The lowest BCUT2D eigenvalue weighted by Crippen LogP contribution is -2.38. The molecule has 0 aliphatic heterocycles. The van der Waals surface area contributed by atoms with E-state index in [0.717, 1.165) is 19.6 Å². The molecule has 0 rings (SSSR count). The third-order valence-electron chi connectivity index (χ3n) is 2.58. The molecule has 0 aliphatic rings. The van der Waals surface area contributed by atoms with E-state index in [1.54, 1.807) is 0 Å². The van der Waals surface area contributed by atoms with Crippen LogP contribution < -0.4 is 5.32 Å². The van der Waals surface area contributed by atoms with E-state index >= 15 is 0 Å². The second-order valence-corrected chi connectivity index (χ2v) is 4.96. The van der Waals surface area contributed by atoms with Crippen LogP contribution in [0.5, 0.6) is 0 Å². The zero-order valence-corrected chi connectivity index (χ0v) is 11.3. The predicted molar refractivity (Wildman–Crippen MR) is 68.7 cm³/mol. The van der Waals surface area contributed by atoms with Gasteiger partial charge in [0.25, 0.3) is 0 Å². The van der Waals surface area contributed by atoms with Gasteiger partial charge < -0.3 is 15.2 Å². The average molecular weight is 231 g/mol. The third kappa shape index (κ3) is 9.13. The first-order valence-electron chi connectivity index (χ1n) is 6.54. The van der Waals surface area contributed by atoms with Gasteiger partial charge in [-0.3, -0.25) is 0 Å². The Labute approximate surface area is 101 Å². The first-order chi connectivity index (χ1) is 7.60. The van der Waals surface area contributed by atoms with Gasteiger partial charge in [-0.05, 0) is 18.8 Å². The standard InChI is InChI=1S/C13H29NO2/c1-5-6-12(4)10-16-8-7-13(9-15)14-11(2)3/h11-15H,5-10H2,1-4H3. The van der Waals surface area contributed by atoms with Crippen LogP contribution in [0.25, 0.3) is 0 Å². The Hall–Kier alpha value is -0.120. The number of hydrogen-bond donors (Lipinski definition) is 2. The smallest absolute Gasteiger partial charge is 0.0585 e. The number of rotatable bonds is 10. The van der Waals surface area contributed by atoms with Crippen molar-refractivity contribution < 1.29 is 9.84 Å². The van der Waals surface area contributed by atoms with Crippen LogP contribution in [-0.4, -0.2) is 37.0 Å². The molecule has 0 saturated heterocycles. The van der Waals surface area contributed by atoms with E-state index in [4.69, 9.17) is 9.84 Å². The van der Waals surface area contributed by atoms with Gasteiger partial charge in [-0.15, -0.1) is 0 Å². The zero-order chi connectivity index (χ0) is 12.4. The molecule has 0 saturated carbocycles. The second-order valence-electron chi connectivity index (χ2n) is 4.96. The van der Waals surface area contributed by atoms with Crippen molar-refractivity contribution in [3.05, 3.63) is 0 Å². The lowest BCUT2D eigenvalue weighted by molar-refractivity contribution is 0.0864. The van der Waals surface area contributed by atoms with E-state index in [-0.39, 0.29) is 12.6 Å².